The van der Waals surface area contributed by atoms with Gasteiger partial charge in [0, 0.05) is 31.2 Å². The number of fused-ring (bicyclic) bond motifs is 3. The number of nitrogens with zero attached hydrogens (tertiary/aromatic N) is 2. The molecule has 2 atom stereocenters. The van der Waals surface area contributed by atoms with Crippen LogP contribution >= 0.6 is 0 Å². The maximum absolute atomic E-state index is 10.0. The SMILES string of the molecule is CCCCCCCCNC(=O)O.CN1CCC2(C)c3cc(O)ccc3N(C)C12. The average molecular weight is 392 g/mol. The smallest absolute Gasteiger partial charge is 0.404 e. The maximum Gasteiger partial charge on any atom is 0.404 e. The monoisotopic (exact) mass is 391 g/mol. The van der Waals surface area contributed by atoms with Gasteiger partial charge >= 0.3 is 6.09 Å². The van der Waals surface area contributed by atoms with Gasteiger partial charge in [0.05, 0.1) is 6.17 Å². The molecule has 0 spiro atoms. The second-order valence-corrected chi connectivity index (χ2v) is 8.33. The summed E-state index contributed by atoms with van der Waals surface area (Å²) in [6.07, 6.45) is 7.86. The summed E-state index contributed by atoms with van der Waals surface area (Å²) < 4.78 is 0. The molecule has 158 valence electrons. The van der Waals surface area contributed by atoms with Gasteiger partial charge in [0.25, 0.3) is 0 Å². The molecule has 0 aliphatic carbocycles. The number of hydrogen-bond donors (Lipinski definition) is 3. The van der Waals surface area contributed by atoms with Crippen molar-refractivity contribution in [2.45, 2.75) is 70.4 Å². The number of nitrogens with one attached hydrogen (secondary N) is 1. The van der Waals surface area contributed by atoms with E-state index in [1.807, 2.05) is 12.1 Å². The third kappa shape index (κ3) is 5.10. The van der Waals surface area contributed by atoms with E-state index in [9.17, 15) is 9.90 Å². The van der Waals surface area contributed by atoms with Crippen LogP contribution in [0.15, 0.2) is 18.2 Å². The Kier molecular flexibility index (Phi) is 7.98. The van der Waals surface area contributed by atoms with E-state index < -0.39 is 6.09 Å². The fourth-order valence-electron chi connectivity index (χ4n) is 4.66. The Labute approximate surface area is 169 Å². The third-order valence-corrected chi connectivity index (χ3v) is 6.12. The van der Waals surface area contributed by atoms with Gasteiger partial charge in [0.15, 0.2) is 0 Å². The zero-order chi connectivity index (χ0) is 20.7. The van der Waals surface area contributed by atoms with Crippen LogP contribution in [0.1, 0.15) is 64.4 Å². The van der Waals surface area contributed by atoms with Gasteiger partial charge in [0.2, 0.25) is 0 Å². The summed E-state index contributed by atoms with van der Waals surface area (Å²) in [5.74, 6) is 0.378. The van der Waals surface area contributed by atoms with Crippen molar-refractivity contribution in [1.29, 1.82) is 0 Å². The highest BCUT2D eigenvalue weighted by molar-refractivity contribution is 5.66. The average Bonchev–Trinajstić information content (AvgIpc) is 3.07. The van der Waals surface area contributed by atoms with E-state index in [0.29, 0.717) is 18.5 Å². The molecule has 2 aliphatic rings. The number of carbonyl (C=O) groups is 1. The van der Waals surface area contributed by atoms with Crippen molar-refractivity contribution in [3.63, 3.8) is 0 Å². The van der Waals surface area contributed by atoms with E-state index in [-0.39, 0.29) is 5.41 Å². The minimum absolute atomic E-state index is 0.164. The molecule has 1 aromatic rings. The number of amides is 1. The lowest BCUT2D eigenvalue weighted by atomic mass is 9.81. The number of anilines is 1. The predicted octanol–water partition coefficient (Wildman–Crippen LogP) is 4.38. The zero-order valence-corrected chi connectivity index (χ0v) is 17.9. The lowest BCUT2D eigenvalue weighted by Crippen LogP contribution is -2.45. The molecule has 0 aromatic heterocycles. The second-order valence-electron chi connectivity index (χ2n) is 8.33. The Bertz CT molecular complexity index is 652. The minimum atomic E-state index is -0.913. The Morgan fingerprint density at radius 3 is 2.57 bits per heavy atom. The highest BCUT2D eigenvalue weighted by Gasteiger charge is 2.52. The molecule has 0 bridgehead atoms. The summed E-state index contributed by atoms with van der Waals surface area (Å²) in [5, 5.41) is 20.2. The van der Waals surface area contributed by atoms with Crippen LogP contribution < -0.4 is 10.2 Å². The number of carboxylic acid groups (broad SMARTS) is 1. The van der Waals surface area contributed by atoms with E-state index in [2.05, 4.69) is 43.1 Å². The molecule has 3 rings (SSSR count). The van der Waals surface area contributed by atoms with E-state index in [1.54, 1.807) is 6.07 Å². The molecule has 6 nitrogen and oxygen atoms in total. The first-order valence-electron chi connectivity index (χ1n) is 10.5. The zero-order valence-electron chi connectivity index (χ0n) is 17.9. The van der Waals surface area contributed by atoms with Crippen molar-refractivity contribution in [3.05, 3.63) is 23.8 Å². The van der Waals surface area contributed by atoms with E-state index in [0.717, 1.165) is 25.8 Å². The lowest BCUT2D eigenvalue weighted by Gasteiger charge is -2.32. The van der Waals surface area contributed by atoms with Crippen LogP contribution in [-0.4, -0.2) is 54.6 Å². The van der Waals surface area contributed by atoms with Crippen molar-refractivity contribution >= 4 is 11.8 Å². The summed E-state index contributed by atoms with van der Waals surface area (Å²) in [6, 6.07) is 5.74. The van der Waals surface area contributed by atoms with Crippen LogP contribution in [0.5, 0.6) is 5.75 Å². The molecule has 0 radical (unpaired) electrons. The van der Waals surface area contributed by atoms with Gasteiger partial charge in [-0.2, -0.15) is 0 Å². The maximum atomic E-state index is 10.0. The molecule has 6 heteroatoms. The number of phenolic OH excluding ortho intramolecular Hbond substituents is 1. The fraction of sp³-hybridized carbons (Fsp3) is 0.682. The number of hydrogen-bond acceptors (Lipinski definition) is 4. The van der Waals surface area contributed by atoms with Crippen LogP contribution in [0.3, 0.4) is 0 Å². The van der Waals surface area contributed by atoms with Crippen LogP contribution in [-0.2, 0) is 5.41 Å². The molecule has 28 heavy (non-hydrogen) atoms. The van der Waals surface area contributed by atoms with Gasteiger partial charge in [-0.1, -0.05) is 46.0 Å². The molecule has 0 saturated carbocycles. The number of phenols is 1. The Balaban J connectivity index is 0.000000211. The summed E-state index contributed by atoms with van der Waals surface area (Å²) in [5.41, 5.74) is 2.72. The summed E-state index contributed by atoms with van der Waals surface area (Å²) in [6.45, 7) is 6.22. The number of benzene rings is 1. The van der Waals surface area contributed by atoms with Crippen molar-refractivity contribution in [1.82, 2.24) is 10.2 Å². The molecule has 2 heterocycles. The summed E-state index contributed by atoms with van der Waals surface area (Å²) in [4.78, 5) is 14.8. The molecule has 1 saturated heterocycles. The molecule has 2 aliphatic heterocycles. The number of likely N-dealkylation sites (N-methyl/N-ethyl adjacent to an activating group) is 2. The fourth-order valence-corrected chi connectivity index (χ4v) is 4.66. The number of rotatable bonds is 7. The molecule has 2 unspecified atom stereocenters. The Morgan fingerprint density at radius 1 is 1.21 bits per heavy atom. The van der Waals surface area contributed by atoms with E-state index in [1.165, 1.54) is 36.9 Å². The molecule has 3 N–H and O–H groups in total. The van der Waals surface area contributed by atoms with Crippen LogP contribution in [0, 0.1) is 0 Å². The van der Waals surface area contributed by atoms with Crippen LogP contribution in [0.4, 0.5) is 10.5 Å². The minimum Gasteiger partial charge on any atom is -0.508 e. The molecule has 1 aromatic carbocycles. The van der Waals surface area contributed by atoms with Gasteiger partial charge < -0.3 is 20.4 Å². The van der Waals surface area contributed by atoms with Gasteiger partial charge in [-0.05, 0) is 43.7 Å². The molecular formula is C22H37N3O3. The largest absolute Gasteiger partial charge is 0.508 e. The van der Waals surface area contributed by atoms with E-state index >= 15 is 0 Å². The molecular weight excluding hydrogens is 354 g/mol. The quantitative estimate of drug-likeness (QED) is 0.602. The Morgan fingerprint density at radius 2 is 1.89 bits per heavy atom. The number of unbranched alkanes of at least 4 members (excludes halogenated alkanes) is 5. The topological polar surface area (TPSA) is 76.0 Å². The van der Waals surface area contributed by atoms with Crippen LogP contribution in [0.2, 0.25) is 0 Å². The van der Waals surface area contributed by atoms with E-state index in [4.69, 9.17) is 5.11 Å². The van der Waals surface area contributed by atoms with Crippen LogP contribution in [0.25, 0.3) is 0 Å². The first-order valence-corrected chi connectivity index (χ1v) is 10.5. The van der Waals surface area contributed by atoms with Crippen molar-refractivity contribution in [3.8, 4) is 5.75 Å². The summed E-state index contributed by atoms with van der Waals surface area (Å²) in [7, 11) is 4.33. The predicted molar refractivity (Wildman–Crippen MR) is 114 cm³/mol. The number of likely N-dealkylation sites (tertiary alicyclic amines) is 1. The van der Waals surface area contributed by atoms with Crippen molar-refractivity contribution in [2.24, 2.45) is 0 Å². The Hall–Kier alpha value is -1.95. The second kappa shape index (κ2) is 10.0. The summed E-state index contributed by atoms with van der Waals surface area (Å²) >= 11 is 0. The highest BCUT2D eigenvalue weighted by atomic mass is 16.4. The first-order chi connectivity index (χ1) is 13.3. The highest BCUT2D eigenvalue weighted by Crippen LogP contribution is 2.51. The van der Waals surface area contributed by atoms with Gasteiger partial charge in [-0.15, -0.1) is 0 Å². The lowest BCUT2D eigenvalue weighted by molar-refractivity contribution is 0.194. The first kappa shape index (κ1) is 22.3. The van der Waals surface area contributed by atoms with Gasteiger partial charge in [-0.25, -0.2) is 4.79 Å². The third-order valence-electron chi connectivity index (χ3n) is 6.12. The standard InChI is InChI=1S/C13H18N2O.C9H19NO2/c1-13-6-7-14(2)12(13)15(3)11-5-4-9(16)8-10(11)13;1-2-3-4-5-6-7-8-10-9(11)12/h4-5,8,12,16H,6-7H2,1-3H3;10H,2-8H2,1H3,(H,11,12). The van der Waals surface area contributed by atoms with Crippen molar-refractivity contribution in [2.75, 3.05) is 32.1 Å². The normalized spacial score (nSPS) is 23.0. The van der Waals surface area contributed by atoms with Crippen molar-refractivity contribution < 1.29 is 15.0 Å². The molecule has 1 fully saturated rings. The molecule has 1 amide bonds. The van der Waals surface area contributed by atoms with Gasteiger partial charge in [-0.3, -0.25) is 4.90 Å². The van der Waals surface area contributed by atoms with Gasteiger partial charge in [0.1, 0.15) is 5.75 Å². The number of aromatic hydroxyl groups is 1.